The van der Waals surface area contributed by atoms with E-state index in [1.165, 1.54) is 10.7 Å². The third-order valence-corrected chi connectivity index (χ3v) is 3.79. The van der Waals surface area contributed by atoms with E-state index in [0.29, 0.717) is 18.8 Å². The molecular weight excluding hydrogens is 282 g/mol. The van der Waals surface area contributed by atoms with Gasteiger partial charge < -0.3 is 4.74 Å². The van der Waals surface area contributed by atoms with E-state index in [2.05, 4.69) is 14.9 Å². The van der Waals surface area contributed by atoms with Gasteiger partial charge >= 0.3 is 0 Å². The van der Waals surface area contributed by atoms with Crippen molar-refractivity contribution in [3.63, 3.8) is 0 Å². The lowest BCUT2D eigenvalue weighted by Gasteiger charge is -2.05. The van der Waals surface area contributed by atoms with E-state index in [1.54, 1.807) is 31.0 Å². The van der Waals surface area contributed by atoms with Gasteiger partial charge in [0.05, 0.1) is 12.8 Å². The van der Waals surface area contributed by atoms with Crippen LogP contribution in [0.5, 0.6) is 5.88 Å². The Morgan fingerprint density at radius 3 is 2.70 bits per heavy atom. The quantitative estimate of drug-likeness (QED) is 0.853. The van der Waals surface area contributed by atoms with Crippen molar-refractivity contribution in [3.05, 3.63) is 18.5 Å². The molecule has 110 valence electrons. The second-order valence-corrected chi connectivity index (χ2v) is 5.70. The maximum Gasteiger partial charge on any atom is 0.281 e. The van der Waals surface area contributed by atoms with Gasteiger partial charge in [-0.2, -0.15) is 13.5 Å². The maximum absolute atomic E-state index is 12.2. The molecule has 2 rings (SSSR count). The number of aromatic nitrogens is 4. The number of hydrogen-bond donors (Lipinski definition) is 1. The minimum absolute atomic E-state index is 0.0364. The zero-order valence-electron chi connectivity index (χ0n) is 11.6. The van der Waals surface area contributed by atoms with Crippen molar-refractivity contribution < 1.29 is 13.2 Å². The molecule has 0 aliphatic carbocycles. The van der Waals surface area contributed by atoms with Crippen LogP contribution < -0.4 is 9.46 Å². The van der Waals surface area contributed by atoms with Crippen molar-refractivity contribution in [2.75, 3.05) is 11.3 Å². The summed E-state index contributed by atoms with van der Waals surface area (Å²) in [5.41, 5.74) is 0.292. The summed E-state index contributed by atoms with van der Waals surface area (Å²) in [6.45, 7) is 4.68. The van der Waals surface area contributed by atoms with Crippen molar-refractivity contribution in [2.24, 2.45) is 7.05 Å². The number of ether oxygens (including phenoxy) is 1. The fourth-order valence-electron chi connectivity index (χ4n) is 1.64. The summed E-state index contributed by atoms with van der Waals surface area (Å²) in [6.07, 6.45) is 3.15. The SMILES string of the molecule is CCOc1nn(C)cc1NS(=O)(=O)c1ccn(CC)n1. The molecule has 2 aromatic rings. The van der Waals surface area contributed by atoms with Crippen LogP contribution in [0.3, 0.4) is 0 Å². The third-order valence-electron chi connectivity index (χ3n) is 2.54. The number of anilines is 1. The highest BCUT2D eigenvalue weighted by Crippen LogP contribution is 2.24. The zero-order valence-corrected chi connectivity index (χ0v) is 12.4. The van der Waals surface area contributed by atoms with Crippen LogP contribution in [0.4, 0.5) is 5.69 Å². The number of sulfonamides is 1. The molecule has 9 heteroatoms. The topological polar surface area (TPSA) is 91.0 Å². The first-order valence-electron chi connectivity index (χ1n) is 6.19. The van der Waals surface area contributed by atoms with Crippen molar-refractivity contribution in [2.45, 2.75) is 25.4 Å². The first-order valence-corrected chi connectivity index (χ1v) is 7.67. The van der Waals surface area contributed by atoms with Crippen molar-refractivity contribution in [3.8, 4) is 5.88 Å². The monoisotopic (exact) mass is 299 g/mol. The Morgan fingerprint density at radius 2 is 2.10 bits per heavy atom. The molecular formula is C11H17N5O3S. The summed E-state index contributed by atoms with van der Waals surface area (Å²) in [5, 5.41) is 7.98. The Kier molecular flexibility index (Phi) is 3.98. The summed E-state index contributed by atoms with van der Waals surface area (Å²) in [4.78, 5) is 0. The highest BCUT2D eigenvalue weighted by molar-refractivity contribution is 7.92. The average Bonchev–Trinajstić information content (AvgIpc) is 2.97. The second-order valence-electron chi connectivity index (χ2n) is 4.07. The third kappa shape index (κ3) is 2.93. The molecule has 0 aromatic carbocycles. The molecule has 1 N–H and O–H groups in total. The van der Waals surface area contributed by atoms with Crippen molar-refractivity contribution >= 4 is 15.7 Å². The van der Waals surface area contributed by atoms with Crippen LogP contribution in [0.25, 0.3) is 0 Å². The largest absolute Gasteiger partial charge is 0.475 e. The van der Waals surface area contributed by atoms with Crippen LogP contribution >= 0.6 is 0 Å². The fraction of sp³-hybridized carbons (Fsp3) is 0.455. The minimum Gasteiger partial charge on any atom is -0.475 e. The van der Waals surface area contributed by atoms with Gasteiger partial charge in [-0.1, -0.05) is 0 Å². The van der Waals surface area contributed by atoms with Crippen LogP contribution in [0.1, 0.15) is 13.8 Å². The Morgan fingerprint density at radius 1 is 1.35 bits per heavy atom. The molecule has 0 amide bonds. The molecule has 0 unspecified atom stereocenters. The molecule has 20 heavy (non-hydrogen) atoms. The molecule has 2 heterocycles. The lowest BCUT2D eigenvalue weighted by atomic mass is 10.6. The molecule has 0 spiro atoms. The van der Waals surface area contributed by atoms with E-state index in [4.69, 9.17) is 4.74 Å². The van der Waals surface area contributed by atoms with Gasteiger partial charge in [0.15, 0.2) is 5.03 Å². The number of rotatable bonds is 6. The minimum atomic E-state index is -3.75. The first-order chi connectivity index (χ1) is 9.46. The molecule has 0 atom stereocenters. The zero-order chi connectivity index (χ0) is 14.8. The number of aryl methyl sites for hydroxylation is 2. The smallest absolute Gasteiger partial charge is 0.281 e. The molecule has 0 bridgehead atoms. The van der Waals surface area contributed by atoms with E-state index in [-0.39, 0.29) is 10.9 Å². The predicted octanol–water partition coefficient (Wildman–Crippen LogP) is 0.836. The summed E-state index contributed by atoms with van der Waals surface area (Å²) < 4.78 is 35.2. The molecule has 2 aromatic heterocycles. The van der Waals surface area contributed by atoms with Gasteiger partial charge in [0.2, 0.25) is 0 Å². The van der Waals surface area contributed by atoms with Crippen LogP contribution in [-0.2, 0) is 23.6 Å². The normalized spacial score (nSPS) is 11.6. The summed E-state index contributed by atoms with van der Waals surface area (Å²) in [6, 6.07) is 1.45. The first kappa shape index (κ1) is 14.4. The van der Waals surface area contributed by atoms with Gasteiger partial charge in [-0.25, -0.2) is 0 Å². The van der Waals surface area contributed by atoms with Crippen LogP contribution in [0.2, 0.25) is 0 Å². The molecule has 8 nitrogen and oxygen atoms in total. The van der Waals surface area contributed by atoms with Gasteiger partial charge in [0, 0.05) is 19.8 Å². The fourth-order valence-corrected chi connectivity index (χ4v) is 2.63. The highest BCUT2D eigenvalue weighted by Gasteiger charge is 2.21. The molecule has 0 saturated heterocycles. The van der Waals surface area contributed by atoms with Gasteiger partial charge in [-0.15, -0.1) is 5.10 Å². The maximum atomic E-state index is 12.2. The number of nitrogens with one attached hydrogen (secondary N) is 1. The summed E-state index contributed by atoms with van der Waals surface area (Å²) in [5.74, 6) is 0.244. The number of nitrogens with zero attached hydrogens (tertiary/aromatic N) is 4. The standard InChI is InChI=1S/C11H17N5O3S/c1-4-16-7-6-10(12-16)20(17,18)14-9-8-15(3)13-11(9)19-5-2/h6-8,14H,4-5H2,1-3H3. The Hall–Kier alpha value is -2.03. The summed E-state index contributed by atoms with van der Waals surface area (Å²) in [7, 11) is -2.06. The highest BCUT2D eigenvalue weighted by atomic mass is 32.2. The predicted molar refractivity (Wildman–Crippen MR) is 73.1 cm³/mol. The van der Waals surface area contributed by atoms with Crippen molar-refractivity contribution in [1.29, 1.82) is 0 Å². The van der Waals surface area contributed by atoms with Gasteiger partial charge in [0.25, 0.3) is 15.9 Å². The Balaban J connectivity index is 2.28. The second kappa shape index (κ2) is 5.53. The lowest BCUT2D eigenvalue weighted by Crippen LogP contribution is -2.14. The van der Waals surface area contributed by atoms with Crippen LogP contribution in [0, 0.1) is 0 Å². The molecule has 0 fully saturated rings. The molecule has 0 aliphatic rings. The van der Waals surface area contributed by atoms with Crippen LogP contribution in [0.15, 0.2) is 23.5 Å². The van der Waals surface area contributed by atoms with E-state index in [0.717, 1.165) is 0 Å². The van der Waals surface area contributed by atoms with Gasteiger partial charge in [-0.05, 0) is 19.9 Å². The van der Waals surface area contributed by atoms with Gasteiger partial charge in [-0.3, -0.25) is 14.1 Å². The van der Waals surface area contributed by atoms with E-state index >= 15 is 0 Å². The van der Waals surface area contributed by atoms with E-state index in [1.807, 2.05) is 6.92 Å². The molecule has 0 aliphatic heterocycles. The lowest BCUT2D eigenvalue weighted by molar-refractivity contribution is 0.324. The molecule has 0 radical (unpaired) electrons. The average molecular weight is 299 g/mol. The van der Waals surface area contributed by atoms with Crippen molar-refractivity contribution in [1.82, 2.24) is 19.6 Å². The molecule has 0 saturated carbocycles. The Labute approximate surface area is 117 Å². The van der Waals surface area contributed by atoms with Crippen LogP contribution in [-0.4, -0.2) is 34.6 Å². The number of hydrogen-bond acceptors (Lipinski definition) is 5. The Bertz CT molecular complexity index is 689. The van der Waals surface area contributed by atoms with Gasteiger partial charge in [0.1, 0.15) is 5.69 Å². The summed E-state index contributed by atoms with van der Waals surface area (Å²) >= 11 is 0. The van der Waals surface area contributed by atoms with E-state index < -0.39 is 10.0 Å². The van der Waals surface area contributed by atoms with E-state index in [9.17, 15) is 8.42 Å².